The summed E-state index contributed by atoms with van der Waals surface area (Å²) in [4.78, 5) is 16.6. The number of aliphatic imine (C=N–C) groups is 1. The van der Waals surface area contributed by atoms with Crippen LogP contribution in [0.5, 0.6) is 0 Å². The molecule has 0 radical (unpaired) electrons. The molecule has 186 valence electrons. The van der Waals surface area contributed by atoms with Crippen molar-refractivity contribution in [3.05, 3.63) is 52.3 Å². The molecule has 1 atom stereocenters. The molecule has 2 rings (SSSR count). The van der Waals surface area contributed by atoms with Gasteiger partial charge in [-0.2, -0.15) is 5.10 Å². The van der Waals surface area contributed by atoms with E-state index in [-0.39, 0.29) is 17.3 Å². The quantitative estimate of drug-likeness (QED) is 0.187. The topological polar surface area (TPSA) is 65.7 Å². The van der Waals surface area contributed by atoms with Crippen LogP contribution in [0, 0.1) is 19.8 Å². The molecule has 1 unspecified atom stereocenters. The number of aromatic nitrogens is 2. The summed E-state index contributed by atoms with van der Waals surface area (Å²) in [6.45, 7) is 19.0. The van der Waals surface area contributed by atoms with E-state index >= 15 is 0 Å². The van der Waals surface area contributed by atoms with Crippen LogP contribution < -0.4 is 0 Å². The standard InChI is InChI=1S/C28H41N3O3/c1-11-31-26(19(4)20(5)30-31)27(34-21(6)33-25(32)16-18(2)3)24(17-29-10)22-12-14-23(15-13-22)28(7,8)9/h12-15,17-18,21H,11,16H2,1-10H3/b27-24-,29-17-. The summed E-state index contributed by atoms with van der Waals surface area (Å²) >= 11 is 0. The van der Waals surface area contributed by atoms with E-state index < -0.39 is 6.29 Å². The zero-order valence-corrected chi connectivity index (χ0v) is 22.5. The molecule has 6 nitrogen and oxygen atoms in total. The molecule has 1 aromatic carbocycles. The normalized spacial score (nSPS) is 13.9. The Hall–Kier alpha value is -2.89. The molecular weight excluding hydrogens is 426 g/mol. The van der Waals surface area contributed by atoms with Gasteiger partial charge >= 0.3 is 5.97 Å². The first kappa shape index (κ1) is 27.4. The minimum atomic E-state index is -0.768. The molecule has 2 aromatic rings. The van der Waals surface area contributed by atoms with Crippen LogP contribution in [0.25, 0.3) is 11.3 Å². The molecule has 0 aliphatic rings. The molecule has 34 heavy (non-hydrogen) atoms. The Balaban J connectivity index is 2.67. The number of rotatable bonds is 9. The molecule has 0 saturated heterocycles. The van der Waals surface area contributed by atoms with Crippen molar-refractivity contribution in [1.29, 1.82) is 0 Å². The summed E-state index contributed by atoms with van der Waals surface area (Å²) in [6, 6.07) is 8.45. The van der Waals surface area contributed by atoms with E-state index in [0.717, 1.165) is 28.1 Å². The maximum absolute atomic E-state index is 12.3. The van der Waals surface area contributed by atoms with Crippen molar-refractivity contribution in [2.75, 3.05) is 7.05 Å². The average molecular weight is 468 g/mol. The SMILES string of the molecule is CCn1nc(C)c(C)c1/C(OC(C)OC(=O)CC(C)C)=C(\C=N/C)c1ccc(C(C)(C)C)cc1. The fourth-order valence-electron chi connectivity index (χ4n) is 3.73. The van der Waals surface area contributed by atoms with Crippen molar-refractivity contribution in [1.82, 2.24) is 9.78 Å². The molecule has 0 N–H and O–H groups in total. The van der Waals surface area contributed by atoms with Crippen LogP contribution in [0.1, 0.15) is 83.0 Å². The van der Waals surface area contributed by atoms with Crippen molar-refractivity contribution in [2.45, 2.75) is 87.0 Å². The van der Waals surface area contributed by atoms with E-state index in [2.05, 4.69) is 55.1 Å². The third kappa shape index (κ3) is 6.81. The molecule has 0 spiro atoms. The lowest BCUT2D eigenvalue weighted by atomic mass is 9.86. The predicted octanol–water partition coefficient (Wildman–Crippen LogP) is 6.34. The van der Waals surface area contributed by atoms with Gasteiger partial charge in [0.1, 0.15) is 5.69 Å². The Morgan fingerprint density at radius 2 is 1.74 bits per heavy atom. The Morgan fingerprint density at radius 1 is 1.12 bits per heavy atom. The smallest absolute Gasteiger partial charge is 0.309 e. The third-order valence-electron chi connectivity index (χ3n) is 5.66. The molecule has 6 heteroatoms. The number of hydrogen-bond acceptors (Lipinski definition) is 5. The predicted molar refractivity (Wildman–Crippen MR) is 140 cm³/mol. The van der Waals surface area contributed by atoms with Crippen LogP contribution in [0.2, 0.25) is 0 Å². The van der Waals surface area contributed by atoms with E-state index in [1.807, 2.05) is 39.3 Å². The second-order valence-electron chi connectivity index (χ2n) is 10.1. The number of aryl methyl sites for hydroxylation is 2. The van der Waals surface area contributed by atoms with Gasteiger partial charge in [-0.3, -0.25) is 14.5 Å². The van der Waals surface area contributed by atoms with Crippen LogP contribution in [-0.2, 0) is 26.2 Å². The third-order valence-corrected chi connectivity index (χ3v) is 5.66. The second kappa shape index (κ2) is 11.5. The first-order chi connectivity index (χ1) is 15.9. The summed E-state index contributed by atoms with van der Waals surface area (Å²) < 4.78 is 13.9. The van der Waals surface area contributed by atoms with Crippen LogP contribution in [-0.4, -0.2) is 35.3 Å². The van der Waals surface area contributed by atoms with Crippen molar-refractivity contribution in [3.8, 4) is 0 Å². The number of carbonyl (C=O) groups excluding carboxylic acids is 1. The fourth-order valence-corrected chi connectivity index (χ4v) is 3.73. The van der Waals surface area contributed by atoms with Crippen molar-refractivity contribution < 1.29 is 14.3 Å². The van der Waals surface area contributed by atoms with E-state index in [1.54, 1.807) is 20.2 Å². The van der Waals surface area contributed by atoms with Gasteiger partial charge in [0.05, 0.1) is 5.69 Å². The summed E-state index contributed by atoms with van der Waals surface area (Å²) in [5.41, 5.74) is 5.88. The van der Waals surface area contributed by atoms with E-state index in [4.69, 9.17) is 9.47 Å². The Morgan fingerprint density at radius 3 is 2.24 bits per heavy atom. The maximum atomic E-state index is 12.3. The zero-order valence-electron chi connectivity index (χ0n) is 22.5. The number of carbonyl (C=O) groups is 1. The van der Waals surface area contributed by atoms with Crippen LogP contribution >= 0.6 is 0 Å². The number of allylic oxidation sites excluding steroid dienone is 1. The largest absolute Gasteiger partial charge is 0.452 e. The molecule has 0 amide bonds. The number of hydrogen-bond donors (Lipinski definition) is 0. The number of esters is 1. The summed E-state index contributed by atoms with van der Waals surface area (Å²) in [5.74, 6) is 0.531. The van der Waals surface area contributed by atoms with Gasteiger partial charge in [0, 0.05) is 44.3 Å². The molecule has 0 fully saturated rings. The highest BCUT2D eigenvalue weighted by molar-refractivity contribution is 6.18. The highest BCUT2D eigenvalue weighted by Gasteiger charge is 2.24. The molecule has 1 heterocycles. The highest BCUT2D eigenvalue weighted by Crippen LogP contribution is 2.32. The van der Waals surface area contributed by atoms with Gasteiger partial charge in [-0.1, -0.05) is 58.9 Å². The molecule has 0 saturated carbocycles. The van der Waals surface area contributed by atoms with Gasteiger partial charge in [-0.05, 0) is 43.2 Å². The lowest BCUT2D eigenvalue weighted by molar-refractivity contribution is -0.165. The highest BCUT2D eigenvalue weighted by atomic mass is 16.7. The first-order valence-corrected chi connectivity index (χ1v) is 12.1. The van der Waals surface area contributed by atoms with Crippen molar-refractivity contribution in [2.24, 2.45) is 10.9 Å². The van der Waals surface area contributed by atoms with Gasteiger partial charge in [0.15, 0.2) is 5.76 Å². The van der Waals surface area contributed by atoms with Gasteiger partial charge in [0.2, 0.25) is 6.29 Å². The summed E-state index contributed by atoms with van der Waals surface area (Å²) in [7, 11) is 1.74. The maximum Gasteiger partial charge on any atom is 0.309 e. The minimum Gasteiger partial charge on any atom is -0.452 e. The molecule has 0 bridgehead atoms. The number of ether oxygens (including phenoxy) is 2. The van der Waals surface area contributed by atoms with E-state index in [0.29, 0.717) is 18.7 Å². The first-order valence-electron chi connectivity index (χ1n) is 12.1. The molecule has 0 aliphatic carbocycles. The molecular formula is C28H41N3O3. The molecule has 0 aliphatic heterocycles. The number of benzene rings is 1. The van der Waals surface area contributed by atoms with Crippen LogP contribution in [0.3, 0.4) is 0 Å². The Bertz CT molecular complexity index is 1040. The summed E-state index contributed by atoms with van der Waals surface area (Å²) in [5, 5.41) is 4.69. The van der Waals surface area contributed by atoms with E-state index in [9.17, 15) is 4.79 Å². The Kier molecular flexibility index (Phi) is 9.25. The zero-order chi connectivity index (χ0) is 25.6. The lowest BCUT2D eigenvalue weighted by Crippen LogP contribution is -2.20. The van der Waals surface area contributed by atoms with Crippen molar-refractivity contribution >= 4 is 23.5 Å². The molecule has 1 aromatic heterocycles. The Labute approximate surface area is 205 Å². The van der Waals surface area contributed by atoms with Gasteiger partial charge in [0.25, 0.3) is 0 Å². The average Bonchev–Trinajstić information content (AvgIpc) is 3.03. The monoisotopic (exact) mass is 467 g/mol. The van der Waals surface area contributed by atoms with Crippen molar-refractivity contribution in [3.63, 3.8) is 0 Å². The number of nitrogens with zero attached hydrogens (tertiary/aromatic N) is 3. The van der Waals surface area contributed by atoms with E-state index in [1.165, 1.54) is 5.56 Å². The fraction of sp³-hybridized carbons (Fsp3) is 0.536. The minimum absolute atomic E-state index is 0.0498. The second-order valence-corrected chi connectivity index (χ2v) is 10.1. The summed E-state index contributed by atoms with van der Waals surface area (Å²) in [6.07, 6.45) is 1.37. The van der Waals surface area contributed by atoms with Crippen LogP contribution in [0.4, 0.5) is 0 Å². The van der Waals surface area contributed by atoms with Gasteiger partial charge in [-0.15, -0.1) is 0 Å². The van der Waals surface area contributed by atoms with Gasteiger partial charge in [-0.25, -0.2) is 0 Å². The van der Waals surface area contributed by atoms with Gasteiger partial charge < -0.3 is 9.47 Å². The lowest BCUT2D eigenvalue weighted by Gasteiger charge is -2.22. The van der Waals surface area contributed by atoms with Crippen LogP contribution in [0.15, 0.2) is 29.3 Å².